The van der Waals surface area contributed by atoms with Gasteiger partial charge in [-0.1, -0.05) is 24.3 Å². The zero-order chi connectivity index (χ0) is 18.3. The lowest BCUT2D eigenvalue weighted by Crippen LogP contribution is -2.21. The molecule has 0 aliphatic heterocycles. The molecule has 0 spiro atoms. The van der Waals surface area contributed by atoms with Gasteiger partial charge < -0.3 is 19.1 Å². The molecule has 1 N–H and O–H groups in total. The molecule has 0 fully saturated rings. The van der Waals surface area contributed by atoms with Crippen molar-refractivity contribution in [1.82, 2.24) is 9.55 Å². The number of nitrogens with zero attached hydrogens (tertiary/aromatic N) is 2. The van der Waals surface area contributed by atoms with E-state index in [9.17, 15) is 5.11 Å². The molecule has 5 nitrogen and oxygen atoms in total. The van der Waals surface area contributed by atoms with Crippen LogP contribution in [0.2, 0.25) is 0 Å². The van der Waals surface area contributed by atoms with Crippen LogP contribution in [0.5, 0.6) is 11.5 Å². The number of benzene rings is 2. The van der Waals surface area contributed by atoms with Gasteiger partial charge in [-0.3, -0.25) is 0 Å². The largest absolute Gasteiger partial charge is 0.493 e. The topological polar surface area (TPSA) is 56.5 Å². The van der Waals surface area contributed by atoms with Crippen LogP contribution in [0, 0.1) is 6.92 Å². The lowest BCUT2D eigenvalue weighted by molar-refractivity contribution is 0.145. The van der Waals surface area contributed by atoms with Crippen LogP contribution >= 0.6 is 0 Å². The number of ether oxygens (including phenoxy) is 2. The molecular formula is C21H22N2O3. The maximum absolute atomic E-state index is 10.7. The summed E-state index contributed by atoms with van der Waals surface area (Å²) in [6.45, 7) is 2.01. The summed E-state index contributed by atoms with van der Waals surface area (Å²) in [6, 6.07) is 12.0. The van der Waals surface area contributed by atoms with Crippen molar-refractivity contribution in [2.24, 2.45) is 0 Å². The number of rotatable bonds is 4. The van der Waals surface area contributed by atoms with Crippen molar-refractivity contribution in [1.29, 1.82) is 0 Å². The molecule has 1 aliphatic carbocycles. The molecule has 1 aliphatic rings. The summed E-state index contributed by atoms with van der Waals surface area (Å²) in [5, 5.41) is 10.7. The van der Waals surface area contributed by atoms with Gasteiger partial charge >= 0.3 is 0 Å². The third-order valence-corrected chi connectivity index (χ3v) is 5.00. The SMILES string of the molecule is COc1cc(C)cc(-c2nccn2[C@@H]2c3ccccc3C[C@@H]2O)c1OC. The Morgan fingerprint density at radius 1 is 1.15 bits per heavy atom. The zero-order valence-electron chi connectivity index (χ0n) is 15.1. The molecule has 0 radical (unpaired) electrons. The molecule has 0 saturated heterocycles. The van der Waals surface area contributed by atoms with Crippen LogP contribution < -0.4 is 9.47 Å². The normalized spacial score (nSPS) is 18.6. The zero-order valence-corrected chi connectivity index (χ0v) is 15.1. The number of hydrogen-bond acceptors (Lipinski definition) is 4. The van der Waals surface area contributed by atoms with Crippen LogP contribution in [0.4, 0.5) is 0 Å². The molecule has 3 aromatic rings. The van der Waals surface area contributed by atoms with Gasteiger partial charge in [-0.05, 0) is 35.7 Å². The highest BCUT2D eigenvalue weighted by Gasteiger charge is 2.34. The Morgan fingerprint density at radius 3 is 2.73 bits per heavy atom. The monoisotopic (exact) mass is 350 g/mol. The number of hydrogen-bond donors (Lipinski definition) is 1. The first kappa shape index (κ1) is 16.7. The van der Waals surface area contributed by atoms with Crippen LogP contribution in [0.3, 0.4) is 0 Å². The van der Waals surface area contributed by atoms with Crippen LogP contribution in [-0.2, 0) is 6.42 Å². The van der Waals surface area contributed by atoms with E-state index in [4.69, 9.17) is 9.47 Å². The van der Waals surface area contributed by atoms with Gasteiger partial charge in [0.2, 0.25) is 0 Å². The van der Waals surface area contributed by atoms with E-state index in [1.165, 1.54) is 5.56 Å². The van der Waals surface area contributed by atoms with Crippen molar-refractivity contribution in [3.63, 3.8) is 0 Å². The molecule has 134 valence electrons. The Bertz CT molecular complexity index is 948. The highest BCUT2D eigenvalue weighted by molar-refractivity contribution is 5.71. The second-order valence-electron chi connectivity index (χ2n) is 6.62. The fraction of sp³-hybridized carbons (Fsp3) is 0.286. The van der Waals surface area contributed by atoms with Crippen molar-refractivity contribution in [3.8, 4) is 22.9 Å². The number of fused-ring (bicyclic) bond motifs is 1. The van der Waals surface area contributed by atoms with Crippen molar-refractivity contribution >= 4 is 0 Å². The Kier molecular flexibility index (Phi) is 4.17. The average molecular weight is 350 g/mol. The molecular weight excluding hydrogens is 328 g/mol. The second kappa shape index (κ2) is 6.50. The molecule has 26 heavy (non-hydrogen) atoms. The van der Waals surface area contributed by atoms with Gasteiger partial charge in [0, 0.05) is 18.8 Å². The van der Waals surface area contributed by atoms with E-state index in [0.717, 1.165) is 22.5 Å². The van der Waals surface area contributed by atoms with Gasteiger partial charge in [-0.2, -0.15) is 0 Å². The third kappa shape index (κ3) is 2.56. The number of aliphatic hydroxyl groups is 1. The minimum atomic E-state index is -0.488. The fourth-order valence-corrected chi connectivity index (χ4v) is 3.90. The van der Waals surface area contributed by atoms with Gasteiger partial charge in [0.05, 0.1) is 31.9 Å². The van der Waals surface area contributed by atoms with Crippen LogP contribution in [-0.4, -0.2) is 35.0 Å². The van der Waals surface area contributed by atoms with Crippen LogP contribution in [0.15, 0.2) is 48.8 Å². The van der Waals surface area contributed by atoms with Crippen molar-refractivity contribution in [2.45, 2.75) is 25.5 Å². The highest BCUT2D eigenvalue weighted by atomic mass is 16.5. The predicted molar refractivity (Wildman–Crippen MR) is 99.8 cm³/mol. The molecule has 1 aromatic heterocycles. The summed E-state index contributed by atoms with van der Waals surface area (Å²) in [5.74, 6) is 2.07. The lowest BCUT2D eigenvalue weighted by atomic mass is 10.1. The van der Waals surface area contributed by atoms with E-state index < -0.39 is 6.10 Å². The van der Waals surface area contributed by atoms with Gasteiger partial charge in [0.1, 0.15) is 5.82 Å². The fourth-order valence-electron chi connectivity index (χ4n) is 3.90. The van der Waals surface area contributed by atoms with E-state index in [0.29, 0.717) is 17.9 Å². The summed E-state index contributed by atoms with van der Waals surface area (Å²) in [5.41, 5.74) is 4.22. The minimum absolute atomic E-state index is 0.167. The third-order valence-electron chi connectivity index (χ3n) is 5.00. The van der Waals surface area contributed by atoms with E-state index >= 15 is 0 Å². The summed E-state index contributed by atoms with van der Waals surface area (Å²) < 4.78 is 13.1. The molecule has 2 atom stereocenters. The molecule has 5 heteroatoms. The predicted octanol–water partition coefficient (Wildman–Crippen LogP) is 3.38. The molecule has 4 rings (SSSR count). The Hall–Kier alpha value is -2.79. The summed E-state index contributed by atoms with van der Waals surface area (Å²) in [7, 11) is 3.26. The van der Waals surface area contributed by atoms with E-state index in [2.05, 4.69) is 17.1 Å². The first-order valence-electron chi connectivity index (χ1n) is 8.65. The Labute approximate surface area is 152 Å². The molecule has 1 heterocycles. The molecule has 0 saturated carbocycles. The van der Waals surface area contributed by atoms with Crippen LogP contribution in [0.25, 0.3) is 11.4 Å². The quantitative estimate of drug-likeness (QED) is 0.784. The van der Waals surface area contributed by atoms with Crippen molar-refractivity contribution in [3.05, 3.63) is 65.5 Å². The second-order valence-corrected chi connectivity index (χ2v) is 6.62. The summed E-state index contributed by atoms with van der Waals surface area (Å²) in [6.07, 6.45) is 3.84. The van der Waals surface area contributed by atoms with Gasteiger partial charge in [-0.25, -0.2) is 4.98 Å². The van der Waals surface area contributed by atoms with Crippen LogP contribution in [0.1, 0.15) is 22.7 Å². The smallest absolute Gasteiger partial charge is 0.171 e. The maximum Gasteiger partial charge on any atom is 0.171 e. The average Bonchev–Trinajstić information content (AvgIpc) is 3.23. The number of aromatic nitrogens is 2. The molecule has 0 unspecified atom stereocenters. The highest BCUT2D eigenvalue weighted by Crippen LogP contribution is 2.42. The first-order chi connectivity index (χ1) is 12.6. The van der Waals surface area contributed by atoms with E-state index in [1.807, 2.05) is 42.0 Å². The number of imidazole rings is 1. The number of aryl methyl sites for hydroxylation is 1. The first-order valence-corrected chi connectivity index (χ1v) is 8.65. The summed E-state index contributed by atoms with van der Waals surface area (Å²) in [4.78, 5) is 4.58. The Balaban J connectivity index is 1.89. The lowest BCUT2D eigenvalue weighted by Gasteiger charge is -2.22. The molecule has 0 bridgehead atoms. The van der Waals surface area contributed by atoms with E-state index in [1.54, 1.807) is 20.4 Å². The summed E-state index contributed by atoms with van der Waals surface area (Å²) >= 11 is 0. The molecule has 2 aromatic carbocycles. The van der Waals surface area contributed by atoms with Gasteiger partial charge in [0.25, 0.3) is 0 Å². The van der Waals surface area contributed by atoms with Gasteiger partial charge in [-0.15, -0.1) is 0 Å². The van der Waals surface area contributed by atoms with Crippen molar-refractivity contribution < 1.29 is 14.6 Å². The number of aliphatic hydroxyl groups excluding tert-OH is 1. The van der Waals surface area contributed by atoms with Gasteiger partial charge in [0.15, 0.2) is 11.5 Å². The number of methoxy groups -OCH3 is 2. The Morgan fingerprint density at radius 2 is 1.96 bits per heavy atom. The standard InChI is InChI=1S/C21H22N2O3/c1-13-10-16(20(26-3)18(11-13)25-2)21-22-8-9-23(21)19-15-7-5-4-6-14(15)12-17(19)24/h4-11,17,19,24H,12H2,1-3H3/t17-,19+/m0/s1. The van der Waals surface area contributed by atoms with Crippen molar-refractivity contribution in [2.75, 3.05) is 14.2 Å². The van der Waals surface area contributed by atoms with E-state index in [-0.39, 0.29) is 6.04 Å². The molecule has 0 amide bonds. The maximum atomic E-state index is 10.7. The minimum Gasteiger partial charge on any atom is -0.493 e.